The van der Waals surface area contributed by atoms with Crippen LogP contribution < -0.4 is 0 Å². The molecule has 13 heavy (non-hydrogen) atoms. The quantitative estimate of drug-likeness (QED) is 0.612. The number of hydrogen-bond acceptors (Lipinski definition) is 3. The molecule has 4 nitrogen and oxygen atoms in total. The van der Waals surface area contributed by atoms with E-state index in [4.69, 9.17) is 0 Å². The van der Waals surface area contributed by atoms with Gasteiger partial charge in [0.2, 0.25) is 0 Å². The number of pyridine rings is 1. The minimum atomic E-state index is 0.0544. The molecule has 0 saturated heterocycles. The predicted molar refractivity (Wildman–Crippen MR) is 47.7 cm³/mol. The van der Waals surface area contributed by atoms with Gasteiger partial charge in [0.15, 0.2) is 11.4 Å². The summed E-state index contributed by atoms with van der Waals surface area (Å²) < 4.78 is 1.76. The van der Waals surface area contributed by atoms with E-state index in [0.717, 1.165) is 11.2 Å². The van der Waals surface area contributed by atoms with E-state index in [-0.39, 0.29) is 5.78 Å². The van der Waals surface area contributed by atoms with Gasteiger partial charge in [-0.25, -0.2) is 0 Å². The molecule has 2 rings (SSSR count). The number of aryl methyl sites for hydroxylation is 1. The highest BCUT2D eigenvalue weighted by Crippen LogP contribution is 2.10. The van der Waals surface area contributed by atoms with Crippen LogP contribution >= 0.6 is 0 Å². The van der Waals surface area contributed by atoms with Crippen LogP contribution in [-0.4, -0.2) is 20.4 Å². The number of rotatable bonds is 1. The second kappa shape index (κ2) is 2.65. The van der Waals surface area contributed by atoms with Crippen molar-refractivity contribution in [3.05, 3.63) is 29.7 Å². The number of carbonyl (C=O) groups excluding carboxylic acids is 1. The summed E-state index contributed by atoms with van der Waals surface area (Å²) in [6.07, 6.45) is 3.33. The molecule has 2 aromatic heterocycles. The fourth-order valence-electron chi connectivity index (χ4n) is 1.30. The van der Waals surface area contributed by atoms with Gasteiger partial charge in [0, 0.05) is 11.8 Å². The maximum absolute atomic E-state index is 11.1. The van der Waals surface area contributed by atoms with E-state index in [1.54, 1.807) is 23.8 Å². The van der Waals surface area contributed by atoms with Crippen LogP contribution in [0.3, 0.4) is 0 Å². The van der Waals surface area contributed by atoms with Crippen LogP contribution in [0.25, 0.3) is 5.65 Å². The fourth-order valence-corrected chi connectivity index (χ4v) is 1.30. The molecule has 0 aliphatic carbocycles. The van der Waals surface area contributed by atoms with Crippen LogP contribution in [0.15, 0.2) is 18.6 Å². The molecule has 0 spiro atoms. The molecule has 0 aliphatic heterocycles. The summed E-state index contributed by atoms with van der Waals surface area (Å²) in [4.78, 5) is 11.1. The van der Waals surface area contributed by atoms with E-state index >= 15 is 0 Å². The van der Waals surface area contributed by atoms with Gasteiger partial charge in [0.25, 0.3) is 0 Å². The molecule has 0 aromatic carbocycles. The minimum absolute atomic E-state index is 0.0544. The summed E-state index contributed by atoms with van der Waals surface area (Å²) in [5, 5.41) is 7.68. The normalized spacial score (nSPS) is 10.6. The van der Waals surface area contributed by atoms with Gasteiger partial charge < -0.3 is 0 Å². The Morgan fingerprint density at radius 2 is 2.31 bits per heavy atom. The molecule has 0 aliphatic rings. The highest BCUT2D eigenvalue weighted by molar-refractivity contribution is 5.94. The number of carbonyl (C=O) groups is 1. The molecule has 0 N–H and O–H groups in total. The van der Waals surface area contributed by atoms with E-state index in [9.17, 15) is 4.79 Å². The van der Waals surface area contributed by atoms with Crippen LogP contribution in [0.1, 0.15) is 22.8 Å². The lowest BCUT2D eigenvalue weighted by molar-refractivity contribution is 0.101. The van der Waals surface area contributed by atoms with Gasteiger partial charge in [-0.15, -0.1) is 10.2 Å². The Kier molecular flexibility index (Phi) is 1.62. The smallest absolute Gasteiger partial charge is 0.163 e. The zero-order chi connectivity index (χ0) is 9.42. The SMILES string of the molecule is CC(=O)c1cc(C)c2nncn2c1. The van der Waals surface area contributed by atoms with Crippen molar-refractivity contribution < 1.29 is 4.79 Å². The number of ketones is 1. The summed E-state index contributed by atoms with van der Waals surface area (Å²) in [5.74, 6) is 0.0544. The lowest BCUT2D eigenvalue weighted by Gasteiger charge is -1.99. The van der Waals surface area contributed by atoms with Gasteiger partial charge in [-0.3, -0.25) is 9.20 Å². The first-order chi connectivity index (χ1) is 6.18. The molecule has 0 unspecified atom stereocenters. The monoisotopic (exact) mass is 175 g/mol. The third kappa shape index (κ3) is 1.20. The largest absolute Gasteiger partial charge is 0.294 e. The third-order valence-corrected chi connectivity index (χ3v) is 1.98. The van der Waals surface area contributed by atoms with Crippen LogP contribution in [0.2, 0.25) is 0 Å². The number of nitrogens with zero attached hydrogens (tertiary/aromatic N) is 3. The molecule has 2 heterocycles. The van der Waals surface area contributed by atoms with Crippen molar-refractivity contribution in [2.24, 2.45) is 0 Å². The maximum Gasteiger partial charge on any atom is 0.163 e. The summed E-state index contributed by atoms with van der Waals surface area (Å²) in [7, 11) is 0. The van der Waals surface area contributed by atoms with Gasteiger partial charge in [-0.2, -0.15) is 0 Å². The predicted octanol–water partition coefficient (Wildman–Crippen LogP) is 1.24. The summed E-state index contributed by atoms with van der Waals surface area (Å²) in [6, 6.07) is 1.83. The van der Waals surface area contributed by atoms with Crippen LogP contribution in [0, 0.1) is 6.92 Å². The van der Waals surface area contributed by atoms with Crippen LogP contribution in [0.4, 0.5) is 0 Å². The Morgan fingerprint density at radius 3 is 3.00 bits per heavy atom. The Morgan fingerprint density at radius 1 is 1.54 bits per heavy atom. The molecule has 0 fully saturated rings. The zero-order valence-electron chi connectivity index (χ0n) is 7.48. The summed E-state index contributed by atoms with van der Waals surface area (Å²) in [5.41, 5.74) is 2.44. The van der Waals surface area contributed by atoms with Crippen molar-refractivity contribution in [3.8, 4) is 0 Å². The van der Waals surface area contributed by atoms with Crippen molar-refractivity contribution in [1.82, 2.24) is 14.6 Å². The van der Waals surface area contributed by atoms with E-state index in [1.807, 2.05) is 13.0 Å². The highest BCUT2D eigenvalue weighted by Gasteiger charge is 2.04. The van der Waals surface area contributed by atoms with E-state index < -0.39 is 0 Å². The molecule has 0 radical (unpaired) electrons. The number of Topliss-reactive ketones (excluding diaryl/α,β-unsaturated/α-hetero) is 1. The van der Waals surface area contributed by atoms with Crippen molar-refractivity contribution >= 4 is 11.4 Å². The lowest BCUT2D eigenvalue weighted by atomic mass is 10.1. The first kappa shape index (κ1) is 7.91. The first-order valence-corrected chi connectivity index (χ1v) is 3.99. The summed E-state index contributed by atoms with van der Waals surface area (Å²) >= 11 is 0. The number of hydrogen-bond donors (Lipinski definition) is 0. The highest BCUT2D eigenvalue weighted by atomic mass is 16.1. The van der Waals surface area contributed by atoms with Gasteiger partial charge in [-0.1, -0.05) is 0 Å². The van der Waals surface area contributed by atoms with Crippen LogP contribution in [-0.2, 0) is 0 Å². The first-order valence-electron chi connectivity index (χ1n) is 3.99. The molecular formula is C9H9N3O. The molecule has 4 heteroatoms. The van der Waals surface area contributed by atoms with Crippen molar-refractivity contribution in [1.29, 1.82) is 0 Å². The Labute approximate surface area is 75.2 Å². The second-order valence-electron chi connectivity index (χ2n) is 3.03. The maximum atomic E-state index is 11.1. The lowest BCUT2D eigenvalue weighted by Crippen LogP contribution is -1.97. The Hall–Kier alpha value is -1.71. The van der Waals surface area contributed by atoms with E-state index in [0.29, 0.717) is 5.56 Å². The minimum Gasteiger partial charge on any atom is -0.294 e. The van der Waals surface area contributed by atoms with Crippen LogP contribution in [0.5, 0.6) is 0 Å². The topological polar surface area (TPSA) is 47.3 Å². The Balaban J connectivity index is 2.77. The fraction of sp³-hybridized carbons (Fsp3) is 0.222. The standard InChI is InChI=1S/C9H9N3O/c1-6-3-8(7(2)13)4-12-5-10-11-9(6)12/h3-5H,1-2H3. The number of aromatic nitrogens is 3. The third-order valence-electron chi connectivity index (χ3n) is 1.98. The van der Waals surface area contributed by atoms with Gasteiger partial charge in [-0.05, 0) is 25.5 Å². The molecule has 66 valence electrons. The van der Waals surface area contributed by atoms with Crippen molar-refractivity contribution in [2.75, 3.05) is 0 Å². The van der Waals surface area contributed by atoms with Gasteiger partial charge in [0.05, 0.1) is 0 Å². The zero-order valence-corrected chi connectivity index (χ0v) is 7.48. The molecule has 0 saturated carbocycles. The molecule has 0 atom stereocenters. The van der Waals surface area contributed by atoms with Crippen molar-refractivity contribution in [3.63, 3.8) is 0 Å². The number of fused-ring (bicyclic) bond motifs is 1. The Bertz CT molecular complexity index is 473. The van der Waals surface area contributed by atoms with E-state index in [2.05, 4.69) is 10.2 Å². The van der Waals surface area contributed by atoms with Crippen molar-refractivity contribution in [2.45, 2.75) is 13.8 Å². The second-order valence-corrected chi connectivity index (χ2v) is 3.03. The average Bonchev–Trinajstić information content (AvgIpc) is 2.51. The van der Waals surface area contributed by atoms with Gasteiger partial charge >= 0.3 is 0 Å². The van der Waals surface area contributed by atoms with Gasteiger partial charge in [0.1, 0.15) is 6.33 Å². The molecular weight excluding hydrogens is 166 g/mol. The molecule has 0 bridgehead atoms. The summed E-state index contributed by atoms with van der Waals surface area (Å²) in [6.45, 7) is 3.46. The van der Waals surface area contributed by atoms with E-state index in [1.165, 1.54) is 0 Å². The molecule has 2 aromatic rings. The average molecular weight is 175 g/mol. The molecule has 0 amide bonds.